The van der Waals surface area contributed by atoms with E-state index in [9.17, 15) is 14.4 Å². The van der Waals surface area contributed by atoms with Crippen molar-refractivity contribution in [2.45, 2.75) is 6.92 Å². The minimum absolute atomic E-state index is 0.0642. The monoisotopic (exact) mass is 535 g/mol. The lowest BCUT2D eigenvalue weighted by molar-refractivity contribution is 0.102. The average Bonchev–Trinajstić information content (AvgIpc) is 3.18. The largest absolute Gasteiger partial charge is 0.457 e. The van der Waals surface area contributed by atoms with E-state index >= 15 is 0 Å². The Bertz CT molecular complexity index is 1710. The van der Waals surface area contributed by atoms with E-state index in [1.807, 2.05) is 24.3 Å². The normalized spacial score (nSPS) is 10.6. The van der Waals surface area contributed by atoms with Crippen LogP contribution in [-0.4, -0.2) is 26.3 Å². The maximum absolute atomic E-state index is 13.1. The van der Waals surface area contributed by atoms with E-state index in [1.54, 1.807) is 91.4 Å². The van der Waals surface area contributed by atoms with Crippen LogP contribution in [0.3, 0.4) is 0 Å². The van der Waals surface area contributed by atoms with Gasteiger partial charge in [-0.2, -0.15) is 0 Å². The molecule has 0 fully saturated rings. The molecule has 0 saturated heterocycles. The Hall–Kier alpha value is -5.64. The number of rotatable bonds is 7. The third-order valence-corrected chi connectivity index (χ3v) is 6.04. The molecule has 40 heavy (non-hydrogen) atoms. The lowest BCUT2D eigenvalue weighted by atomic mass is 10.2. The zero-order valence-corrected chi connectivity index (χ0v) is 21.7. The van der Waals surface area contributed by atoms with Crippen LogP contribution in [0.2, 0.25) is 0 Å². The van der Waals surface area contributed by atoms with Gasteiger partial charge in [-0.25, -0.2) is 14.5 Å². The zero-order chi connectivity index (χ0) is 28.1. The first-order valence-corrected chi connectivity index (χ1v) is 12.3. The summed E-state index contributed by atoms with van der Waals surface area (Å²) in [6.45, 7) is 1.73. The van der Waals surface area contributed by atoms with Gasteiger partial charge in [0.1, 0.15) is 28.6 Å². The first-order valence-electron chi connectivity index (χ1n) is 12.3. The summed E-state index contributed by atoms with van der Waals surface area (Å²) in [5.74, 6) is 1.08. The van der Waals surface area contributed by atoms with E-state index in [2.05, 4.69) is 15.6 Å². The molecule has 0 atom stereocenters. The molecule has 0 saturated carbocycles. The number of carbonyl (C=O) groups is 2. The molecule has 0 radical (unpaired) electrons. The van der Waals surface area contributed by atoms with E-state index in [0.29, 0.717) is 34.3 Å². The molecule has 0 aliphatic heterocycles. The summed E-state index contributed by atoms with van der Waals surface area (Å²) in [6, 6.07) is 27.7. The molecule has 3 aromatic carbocycles. The second kappa shape index (κ2) is 11.4. The maximum atomic E-state index is 13.1. The first-order chi connectivity index (χ1) is 19.4. The summed E-state index contributed by atoms with van der Waals surface area (Å²) >= 11 is 0. The molecule has 10 heteroatoms. The molecule has 5 rings (SSSR count). The number of ether oxygens (including phenoxy) is 2. The Morgan fingerprint density at radius 1 is 0.800 bits per heavy atom. The second-order valence-electron chi connectivity index (χ2n) is 8.72. The number of hydrogen-bond donors (Lipinski definition) is 2. The highest BCUT2D eigenvalue weighted by molar-refractivity contribution is 6.05. The van der Waals surface area contributed by atoms with Gasteiger partial charge in [0.25, 0.3) is 11.5 Å². The van der Waals surface area contributed by atoms with Crippen molar-refractivity contribution in [3.63, 3.8) is 0 Å². The number of para-hydroxylation sites is 2. The number of amides is 2. The molecule has 0 spiro atoms. The summed E-state index contributed by atoms with van der Waals surface area (Å²) in [4.78, 5) is 42.4. The quantitative estimate of drug-likeness (QED) is 0.283. The van der Waals surface area contributed by atoms with Crippen LogP contribution in [0.4, 0.5) is 16.3 Å². The van der Waals surface area contributed by atoms with Crippen molar-refractivity contribution in [2.24, 2.45) is 7.05 Å². The van der Waals surface area contributed by atoms with Crippen LogP contribution in [0.15, 0.2) is 108 Å². The third-order valence-electron chi connectivity index (χ3n) is 6.04. The van der Waals surface area contributed by atoms with E-state index in [-0.39, 0.29) is 11.4 Å². The fourth-order valence-electron chi connectivity index (χ4n) is 4.03. The predicted octanol–water partition coefficient (Wildman–Crippen LogP) is 5.53. The van der Waals surface area contributed by atoms with Gasteiger partial charge in [0.2, 0.25) is 0 Å². The average molecular weight is 536 g/mol. The summed E-state index contributed by atoms with van der Waals surface area (Å²) in [5, 5.41) is 5.34. The van der Waals surface area contributed by atoms with Crippen molar-refractivity contribution >= 4 is 23.5 Å². The fourth-order valence-corrected chi connectivity index (χ4v) is 4.03. The molecule has 0 unspecified atom stereocenters. The molecule has 200 valence electrons. The van der Waals surface area contributed by atoms with Crippen LogP contribution in [0.5, 0.6) is 17.2 Å². The molecule has 10 nitrogen and oxygen atoms in total. The number of aromatic nitrogens is 3. The van der Waals surface area contributed by atoms with Gasteiger partial charge in [0.05, 0.1) is 11.4 Å². The van der Waals surface area contributed by atoms with E-state index < -0.39 is 17.6 Å². The highest BCUT2D eigenvalue weighted by Gasteiger charge is 2.22. The number of hydrogen-bond acceptors (Lipinski definition) is 6. The molecular formula is C30H25N5O5. The van der Waals surface area contributed by atoms with Crippen LogP contribution in [0.25, 0.3) is 5.69 Å². The van der Waals surface area contributed by atoms with Crippen LogP contribution in [-0.2, 0) is 7.05 Å². The van der Waals surface area contributed by atoms with Gasteiger partial charge in [-0.1, -0.05) is 36.4 Å². The van der Waals surface area contributed by atoms with Crippen molar-refractivity contribution in [3.05, 3.63) is 125 Å². The molecule has 5 aromatic rings. The smallest absolute Gasteiger partial charge is 0.418 e. The van der Waals surface area contributed by atoms with Crippen LogP contribution >= 0.6 is 0 Å². The van der Waals surface area contributed by atoms with Crippen molar-refractivity contribution in [1.29, 1.82) is 0 Å². The Labute approximate surface area is 229 Å². The molecule has 2 amide bonds. The number of benzene rings is 3. The van der Waals surface area contributed by atoms with Gasteiger partial charge in [0.15, 0.2) is 0 Å². The van der Waals surface area contributed by atoms with Gasteiger partial charge in [0, 0.05) is 25.0 Å². The number of pyridine rings is 1. The molecule has 0 bridgehead atoms. The highest BCUT2D eigenvalue weighted by atomic mass is 16.6. The zero-order valence-electron chi connectivity index (χ0n) is 21.7. The Morgan fingerprint density at radius 2 is 1.48 bits per heavy atom. The number of nitrogens with zero attached hydrogens (tertiary/aromatic N) is 3. The summed E-state index contributed by atoms with van der Waals surface area (Å²) in [5.41, 5.74) is 1.36. The maximum Gasteiger partial charge on any atom is 0.418 e. The van der Waals surface area contributed by atoms with Crippen LogP contribution in [0, 0.1) is 6.92 Å². The highest BCUT2D eigenvalue weighted by Crippen LogP contribution is 2.25. The third kappa shape index (κ3) is 5.76. The lowest BCUT2D eigenvalue weighted by Crippen LogP contribution is -2.25. The second-order valence-corrected chi connectivity index (χ2v) is 8.72. The molecule has 2 aromatic heterocycles. The molecule has 0 aliphatic carbocycles. The Morgan fingerprint density at radius 3 is 2.17 bits per heavy atom. The van der Waals surface area contributed by atoms with Gasteiger partial charge in [-0.15, -0.1) is 0 Å². The van der Waals surface area contributed by atoms with Crippen LogP contribution in [0.1, 0.15) is 16.1 Å². The predicted molar refractivity (Wildman–Crippen MR) is 151 cm³/mol. The molecular weight excluding hydrogens is 510 g/mol. The number of nitrogens with one attached hydrogen (secondary N) is 2. The SMILES string of the molecule is Cc1c(C(=O)Nc2ccc(Oc3ccnc(NC(=O)Oc4ccccc4)c3)cc2)c(=O)n(-c2ccccc2)n1C. The molecule has 0 aliphatic rings. The van der Waals surface area contributed by atoms with Crippen molar-refractivity contribution in [2.75, 3.05) is 10.6 Å². The van der Waals surface area contributed by atoms with Gasteiger partial charge in [-0.05, 0) is 61.5 Å². The van der Waals surface area contributed by atoms with Crippen LogP contribution < -0.4 is 25.7 Å². The van der Waals surface area contributed by atoms with Crippen molar-refractivity contribution in [1.82, 2.24) is 14.3 Å². The van der Waals surface area contributed by atoms with Crippen molar-refractivity contribution in [3.8, 4) is 22.9 Å². The summed E-state index contributed by atoms with van der Waals surface area (Å²) in [6.07, 6.45) is 0.812. The minimum Gasteiger partial charge on any atom is -0.457 e. The standard InChI is InChI=1S/C30H25N5O5/c1-20-27(29(37)35(34(20)2)22-9-5-3-6-10-22)28(36)32-21-13-15-24(16-14-21)39-25-17-18-31-26(19-25)33-30(38)40-23-11-7-4-8-12-23/h3-19H,1-2H3,(H,32,36)(H,31,33,38). The summed E-state index contributed by atoms with van der Waals surface area (Å²) < 4.78 is 14.2. The first kappa shape index (κ1) is 26.0. The minimum atomic E-state index is -0.680. The molecule has 2 N–H and O–H groups in total. The Kier molecular flexibility index (Phi) is 7.41. The topological polar surface area (TPSA) is 116 Å². The number of carbonyl (C=O) groups excluding carboxylic acids is 2. The number of anilines is 2. The molecule has 2 heterocycles. The summed E-state index contributed by atoms with van der Waals surface area (Å²) in [7, 11) is 1.74. The van der Waals surface area contributed by atoms with E-state index in [1.165, 1.54) is 10.9 Å². The fraction of sp³-hybridized carbons (Fsp3) is 0.0667. The van der Waals surface area contributed by atoms with E-state index in [4.69, 9.17) is 9.47 Å². The van der Waals surface area contributed by atoms with Gasteiger partial charge < -0.3 is 14.8 Å². The Balaban J connectivity index is 1.24. The van der Waals surface area contributed by atoms with Crippen molar-refractivity contribution < 1.29 is 19.1 Å². The van der Waals surface area contributed by atoms with E-state index in [0.717, 1.165) is 0 Å². The van der Waals surface area contributed by atoms with Gasteiger partial charge in [-0.3, -0.25) is 19.6 Å². The van der Waals surface area contributed by atoms with Gasteiger partial charge >= 0.3 is 6.09 Å². The lowest BCUT2D eigenvalue weighted by Gasteiger charge is -2.10.